The molecule has 2 saturated carbocycles. The quantitative estimate of drug-likeness (QED) is 0.532. The molecule has 1 aromatic heterocycles. The number of nitrogens with one attached hydrogen (secondary N) is 3. The monoisotopic (exact) mass is 501 g/mol. The van der Waals surface area contributed by atoms with Gasteiger partial charge in [-0.25, -0.2) is 17.8 Å². The molecule has 6 rings (SSSR count). The summed E-state index contributed by atoms with van der Waals surface area (Å²) in [5.74, 6) is 0.951. The normalized spacial score (nSPS) is 27.4. The van der Waals surface area contributed by atoms with Gasteiger partial charge in [-0.1, -0.05) is 6.07 Å². The van der Waals surface area contributed by atoms with Gasteiger partial charge >= 0.3 is 0 Å². The smallest absolute Gasteiger partial charge is 0.243 e. The molecule has 188 valence electrons. The molecule has 0 radical (unpaired) electrons. The zero-order chi connectivity index (χ0) is 24.2. The Morgan fingerprint density at radius 1 is 1.26 bits per heavy atom. The van der Waals surface area contributed by atoms with E-state index < -0.39 is 15.8 Å². The van der Waals surface area contributed by atoms with Crippen LogP contribution in [0, 0.1) is 17.7 Å². The maximum atomic E-state index is 15.0. The minimum absolute atomic E-state index is 0.182. The predicted octanol–water partition coefficient (Wildman–Crippen LogP) is 2.75. The predicted molar refractivity (Wildman–Crippen MR) is 131 cm³/mol. The summed E-state index contributed by atoms with van der Waals surface area (Å²) in [4.78, 5) is 11.1. The molecule has 1 saturated heterocycles. The summed E-state index contributed by atoms with van der Waals surface area (Å²) >= 11 is 0. The number of sulfonamides is 1. The minimum Gasteiger partial charge on any atom is -0.351 e. The molecule has 3 N–H and O–H groups in total. The minimum atomic E-state index is -3.50. The Kier molecular flexibility index (Phi) is 5.90. The summed E-state index contributed by atoms with van der Waals surface area (Å²) in [6.45, 7) is 4.52. The number of halogens is 1. The van der Waals surface area contributed by atoms with Gasteiger partial charge in [-0.05, 0) is 62.6 Å². The van der Waals surface area contributed by atoms with Gasteiger partial charge < -0.3 is 10.2 Å². The molecule has 2 aliphatic carbocycles. The van der Waals surface area contributed by atoms with Crippen LogP contribution >= 0.6 is 0 Å². The highest BCUT2D eigenvalue weighted by Crippen LogP contribution is 2.38. The highest BCUT2D eigenvalue weighted by atomic mass is 32.2. The third-order valence-corrected chi connectivity index (χ3v) is 9.73. The van der Waals surface area contributed by atoms with E-state index >= 15 is 0 Å². The highest BCUT2D eigenvalue weighted by molar-refractivity contribution is 7.89. The fourth-order valence-electron chi connectivity index (χ4n) is 5.85. The molecule has 1 aromatic carbocycles. The van der Waals surface area contributed by atoms with Crippen LogP contribution in [0.15, 0.2) is 29.3 Å². The summed E-state index contributed by atoms with van der Waals surface area (Å²) in [7, 11) is -3.50. The van der Waals surface area contributed by atoms with Crippen molar-refractivity contribution in [2.75, 3.05) is 29.9 Å². The van der Waals surface area contributed by atoms with Crippen LogP contribution in [-0.4, -0.2) is 54.4 Å². The van der Waals surface area contributed by atoms with E-state index in [0.717, 1.165) is 44.2 Å². The fourth-order valence-corrected chi connectivity index (χ4v) is 7.59. The van der Waals surface area contributed by atoms with Crippen LogP contribution in [0.25, 0.3) is 0 Å². The molecule has 4 aliphatic rings. The van der Waals surface area contributed by atoms with Gasteiger partial charge in [0, 0.05) is 49.9 Å². The molecule has 3 unspecified atom stereocenters. The maximum absolute atomic E-state index is 15.0. The number of nitrogens with zero attached hydrogens (tertiary/aromatic N) is 4. The van der Waals surface area contributed by atoms with Crippen LogP contribution < -0.4 is 21.1 Å². The second kappa shape index (κ2) is 8.95. The van der Waals surface area contributed by atoms with Crippen LogP contribution in [0.1, 0.15) is 44.6 Å². The molecular formula is C24H32FN7O2S. The van der Waals surface area contributed by atoms with E-state index in [1.54, 1.807) is 10.4 Å². The van der Waals surface area contributed by atoms with Gasteiger partial charge in [0.15, 0.2) is 11.6 Å². The lowest BCUT2D eigenvalue weighted by atomic mass is 9.81. The third-order valence-electron chi connectivity index (χ3n) is 7.84. The number of anilines is 3. The molecule has 3 heterocycles. The lowest BCUT2D eigenvalue weighted by Gasteiger charge is -2.40. The molecule has 3 fully saturated rings. The first-order chi connectivity index (χ1) is 16.9. The molecule has 9 nitrogen and oxygen atoms in total. The Hall–Kier alpha value is -2.34. The van der Waals surface area contributed by atoms with Crippen molar-refractivity contribution in [1.82, 2.24) is 25.1 Å². The summed E-state index contributed by atoms with van der Waals surface area (Å²) in [5, 5.41) is 3.11. The van der Waals surface area contributed by atoms with Gasteiger partial charge in [-0.15, -0.1) is 0 Å². The van der Waals surface area contributed by atoms with Gasteiger partial charge in [-0.3, -0.25) is 10.9 Å². The molecule has 0 bridgehead atoms. The zero-order valence-electron chi connectivity index (χ0n) is 19.9. The molecule has 2 aromatic rings. The van der Waals surface area contributed by atoms with Crippen molar-refractivity contribution in [3.63, 3.8) is 0 Å². The van der Waals surface area contributed by atoms with E-state index in [1.807, 2.05) is 19.1 Å². The van der Waals surface area contributed by atoms with E-state index in [4.69, 9.17) is 0 Å². The van der Waals surface area contributed by atoms with Crippen LogP contribution in [0.2, 0.25) is 0 Å². The van der Waals surface area contributed by atoms with Crippen molar-refractivity contribution < 1.29 is 12.8 Å². The Morgan fingerprint density at radius 3 is 2.91 bits per heavy atom. The average molecular weight is 502 g/mol. The van der Waals surface area contributed by atoms with E-state index in [-0.39, 0.29) is 17.8 Å². The Balaban J connectivity index is 1.25. The number of rotatable bonds is 7. The van der Waals surface area contributed by atoms with Crippen molar-refractivity contribution in [2.45, 2.75) is 62.6 Å². The van der Waals surface area contributed by atoms with Crippen molar-refractivity contribution in [3.05, 3.63) is 35.8 Å². The topological polar surface area (TPSA) is 102 Å². The maximum Gasteiger partial charge on any atom is 0.243 e. The number of aromatic nitrogens is 2. The van der Waals surface area contributed by atoms with E-state index in [1.165, 1.54) is 6.20 Å². The summed E-state index contributed by atoms with van der Waals surface area (Å²) in [5.41, 5.74) is 7.99. The second-order valence-corrected chi connectivity index (χ2v) is 12.0. The van der Waals surface area contributed by atoms with Crippen molar-refractivity contribution in [1.29, 1.82) is 0 Å². The Morgan fingerprint density at radius 2 is 2.11 bits per heavy atom. The van der Waals surface area contributed by atoms with Crippen LogP contribution in [-0.2, 0) is 16.6 Å². The molecule has 11 heteroatoms. The number of hydrogen-bond acceptors (Lipinski definition) is 8. The third kappa shape index (κ3) is 4.28. The van der Waals surface area contributed by atoms with Crippen molar-refractivity contribution in [2.24, 2.45) is 11.8 Å². The van der Waals surface area contributed by atoms with E-state index in [0.29, 0.717) is 48.1 Å². The molecule has 2 aliphatic heterocycles. The van der Waals surface area contributed by atoms with Gasteiger partial charge in [0.2, 0.25) is 16.0 Å². The number of hydrogen-bond donors (Lipinski definition) is 3. The van der Waals surface area contributed by atoms with E-state index in [2.05, 4.69) is 31.0 Å². The number of hydrazine groups is 1. The standard InChI is InChI=1S/C24H32FN7O2S/c1-2-32(21-5-3-4-20-18(21)11-27-30-20)23-19(25)12-26-24(29-23)28-17-9-8-16-14-31(13-15-6-7-15)35(33,34)22(16)10-17/h8-10,12,15,18,20-21,27,30H,2-7,11,13-14H2,1H3,(H,26,28,29). The van der Waals surface area contributed by atoms with Gasteiger partial charge in [0.1, 0.15) is 0 Å². The second-order valence-electron chi connectivity index (χ2n) is 10.1. The van der Waals surface area contributed by atoms with Crippen LogP contribution in [0.5, 0.6) is 0 Å². The molecule has 3 atom stereocenters. The largest absolute Gasteiger partial charge is 0.351 e. The Labute approximate surface area is 205 Å². The van der Waals surface area contributed by atoms with Crippen molar-refractivity contribution >= 4 is 27.5 Å². The first-order valence-corrected chi connectivity index (χ1v) is 14.1. The van der Waals surface area contributed by atoms with Crippen molar-refractivity contribution in [3.8, 4) is 0 Å². The van der Waals surface area contributed by atoms with E-state index in [9.17, 15) is 12.8 Å². The highest BCUT2D eigenvalue weighted by Gasteiger charge is 2.41. The fraction of sp³-hybridized carbons (Fsp3) is 0.583. The summed E-state index contributed by atoms with van der Waals surface area (Å²) < 4.78 is 42.6. The molecule has 0 amide bonds. The molecule has 35 heavy (non-hydrogen) atoms. The van der Waals surface area contributed by atoms with Crippen LogP contribution in [0.4, 0.5) is 21.8 Å². The number of benzene rings is 1. The lowest BCUT2D eigenvalue weighted by molar-refractivity contribution is 0.278. The Bertz CT molecular complexity index is 1220. The SMILES string of the molecule is CCN(c1nc(Nc2ccc3c(c2)S(=O)(=O)N(CC2CC2)C3)ncc1F)C1CCCC2NNCC21. The first-order valence-electron chi connectivity index (χ1n) is 12.6. The van der Waals surface area contributed by atoms with Gasteiger partial charge in [0.05, 0.1) is 11.1 Å². The lowest BCUT2D eigenvalue weighted by Crippen LogP contribution is -2.49. The van der Waals surface area contributed by atoms with Gasteiger partial charge in [0.25, 0.3) is 0 Å². The summed E-state index contributed by atoms with van der Waals surface area (Å²) in [6.07, 6.45) is 6.58. The molecule has 0 spiro atoms. The first kappa shape index (κ1) is 23.1. The zero-order valence-corrected chi connectivity index (χ0v) is 20.7. The average Bonchev–Trinajstić information content (AvgIpc) is 3.47. The van der Waals surface area contributed by atoms with Gasteiger partial charge in [-0.2, -0.15) is 9.29 Å². The molecular weight excluding hydrogens is 469 g/mol. The summed E-state index contributed by atoms with van der Waals surface area (Å²) in [6, 6.07) is 5.89. The number of fused-ring (bicyclic) bond motifs is 2. The van der Waals surface area contributed by atoms with Crippen LogP contribution in [0.3, 0.4) is 0 Å².